The fourth-order valence-corrected chi connectivity index (χ4v) is 2.87. The van der Waals surface area contributed by atoms with Gasteiger partial charge in [0.2, 0.25) is 0 Å². The summed E-state index contributed by atoms with van der Waals surface area (Å²) in [5, 5.41) is 13.4. The van der Waals surface area contributed by atoms with E-state index in [0.717, 1.165) is 24.3 Å². The molecule has 5 nitrogen and oxygen atoms in total. The van der Waals surface area contributed by atoms with Crippen molar-refractivity contribution < 1.29 is 24.1 Å². The van der Waals surface area contributed by atoms with Crippen molar-refractivity contribution in [3.63, 3.8) is 0 Å². The van der Waals surface area contributed by atoms with Crippen LogP contribution in [-0.2, 0) is 9.47 Å². The Kier molecular flexibility index (Phi) is 6.92. The normalized spacial score (nSPS) is 22.0. The minimum atomic E-state index is -0.366. The summed E-state index contributed by atoms with van der Waals surface area (Å²) in [4.78, 5) is 0. The molecule has 1 aliphatic rings. The Bertz CT molecular complexity index is 499. The van der Waals surface area contributed by atoms with Crippen molar-refractivity contribution in [1.29, 1.82) is 0 Å². The summed E-state index contributed by atoms with van der Waals surface area (Å²) in [6, 6.07) is 0. The zero-order valence-corrected chi connectivity index (χ0v) is 16.0. The van der Waals surface area contributed by atoms with Crippen LogP contribution in [0.2, 0.25) is 0 Å². The lowest BCUT2D eigenvalue weighted by atomic mass is 9.89. The number of hydrogen-bond donors (Lipinski definition) is 1. The summed E-state index contributed by atoms with van der Waals surface area (Å²) >= 11 is 1.57. The van der Waals surface area contributed by atoms with Gasteiger partial charge in [-0.05, 0) is 19.8 Å². The first-order chi connectivity index (χ1) is 11.4. The van der Waals surface area contributed by atoms with Crippen LogP contribution in [-0.4, -0.2) is 49.8 Å². The second-order valence-corrected chi connectivity index (χ2v) is 7.82. The third kappa shape index (κ3) is 5.09. The summed E-state index contributed by atoms with van der Waals surface area (Å²) in [7, 11) is 0. The molecular weight excluding hydrogens is 328 g/mol. The quantitative estimate of drug-likeness (QED) is 0.694. The van der Waals surface area contributed by atoms with E-state index in [4.69, 9.17) is 18.9 Å². The van der Waals surface area contributed by atoms with E-state index in [1.165, 1.54) is 0 Å². The van der Waals surface area contributed by atoms with Crippen molar-refractivity contribution in [2.45, 2.75) is 52.2 Å². The molecule has 0 bridgehead atoms. The Labute approximate surface area is 148 Å². The van der Waals surface area contributed by atoms with E-state index < -0.39 is 0 Å². The third-order valence-electron chi connectivity index (χ3n) is 4.77. The lowest BCUT2D eigenvalue weighted by molar-refractivity contribution is -0.127. The van der Waals surface area contributed by atoms with Crippen molar-refractivity contribution in [2.75, 3.05) is 33.0 Å². The Morgan fingerprint density at radius 3 is 2.62 bits per heavy atom. The Morgan fingerprint density at radius 2 is 1.96 bits per heavy atom. The second kappa shape index (κ2) is 8.52. The molecule has 24 heavy (non-hydrogen) atoms. The lowest BCUT2D eigenvalue weighted by Crippen LogP contribution is -2.41. The maximum atomic E-state index is 9.52. The van der Waals surface area contributed by atoms with Crippen molar-refractivity contribution in [3.05, 3.63) is 10.8 Å². The van der Waals surface area contributed by atoms with Crippen LogP contribution in [0.15, 0.2) is 10.8 Å². The first-order valence-electron chi connectivity index (χ1n) is 8.62. The van der Waals surface area contributed by atoms with Crippen molar-refractivity contribution in [3.8, 4) is 11.5 Å². The van der Waals surface area contributed by atoms with E-state index in [9.17, 15) is 5.11 Å². The molecule has 138 valence electrons. The summed E-state index contributed by atoms with van der Waals surface area (Å²) in [6.45, 7) is 10.4. The SMILES string of the molecule is CCC(C)(CO)COC(C)(CC)COCC1COc2cscc2O1. The summed E-state index contributed by atoms with van der Waals surface area (Å²) < 4.78 is 23.5. The van der Waals surface area contributed by atoms with Crippen LogP contribution in [0.1, 0.15) is 40.5 Å². The minimum Gasteiger partial charge on any atom is -0.485 e. The average Bonchev–Trinajstić information content (AvgIpc) is 3.07. The third-order valence-corrected chi connectivity index (χ3v) is 5.48. The number of rotatable bonds is 10. The predicted molar refractivity (Wildman–Crippen MR) is 95.2 cm³/mol. The van der Waals surface area contributed by atoms with Gasteiger partial charge >= 0.3 is 0 Å². The molecule has 1 aromatic rings. The highest BCUT2D eigenvalue weighted by molar-refractivity contribution is 7.08. The molecule has 0 spiro atoms. The number of fused-ring (bicyclic) bond motifs is 1. The molecular formula is C18H30O5S. The van der Waals surface area contributed by atoms with Crippen LogP contribution < -0.4 is 9.47 Å². The van der Waals surface area contributed by atoms with Crippen LogP contribution in [0.3, 0.4) is 0 Å². The van der Waals surface area contributed by atoms with E-state index in [-0.39, 0.29) is 23.7 Å². The molecule has 3 atom stereocenters. The molecule has 2 heterocycles. The van der Waals surface area contributed by atoms with Crippen molar-refractivity contribution in [2.24, 2.45) is 5.41 Å². The minimum absolute atomic E-state index is 0.0912. The number of ether oxygens (including phenoxy) is 4. The molecule has 1 aliphatic heterocycles. The van der Waals surface area contributed by atoms with E-state index in [0.29, 0.717) is 26.4 Å². The van der Waals surface area contributed by atoms with Crippen LogP contribution in [0, 0.1) is 5.41 Å². The lowest BCUT2D eigenvalue weighted by Gasteiger charge is -2.34. The molecule has 0 aliphatic carbocycles. The zero-order valence-electron chi connectivity index (χ0n) is 15.2. The monoisotopic (exact) mass is 358 g/mol. The van der Waals surface area contributed by atoms with Gasteiger partial charge in [0.05, 0.1) is 32.0 Å². The highest BCUT2D eigenvalue weighted by Crippen LogP contribution is 2.35. The number of aliphatic hydroxyl groups excluding tert-OH is 1. The largest absolute Gasteiger partial charge is 0.485 e. The van der Waals surface area contributed by atoms with Gasteiger partial charge in [0, 0.05) is 16.2 Å². The number of thiophene rings is 1. The van der Waals surface area contributed by atoms with Crippen LogP contribution in [0.4, 0.5) is 0 Å². The fourth-order valence-electron chi connectivity index (χ4n) is 2.20. The standard InChI is InChI=1S/C18H30O5S/c1-5-17(3,11-19)12-22-18(4,6-2)13-20-7-14-8-21-15-9-24-10-16(15)23-14/h9-10,14,19H,5-8,11-13H2,1-4H3. The fraction of sp³-hybridized carbons (Fsp3) is 0.778. The van der Waals surface area contributed by atoms with Gasteiger partial charge < -0.3 is 24.1 Å². The molecule has 0 aromatic carbocycles. The molecule has 0 saturated heterocycles. The van der Waals surface area contributed by atoms with Crippen molar-refractivity contribution >= 4 is 11.3 Å². The van der Waals surface area contributed by atoms with E-state index >= 15 is 0 Å². The van der Waals surface area contributed by atoms with Gasteiger partial charge in [0.15, 0.2) is 17.6 Å². The summed E-state index contributed by atoms with van der Waals surface area (Å²) in [5.41, 5.74) is -0.569. The van der Waals surface area contributed by atoms with Gasteiger partial charge in [-0.2, -0.15) is 0 Å². The molecule has 3 unspecified atom stereocenters. The second-order valence-electron chi connectivity index (χ2n) is 7.08. The summed E-state index contributed by atoms with van der Waals surface area (Å²) in [5.74, 6) is 1.62. The Hall–Kier alpha value is -0.820. The molecule has 0 saturated carbocycles. The van der Waals surface area contributed by atoms with Gasteiger partial charge in [0.25, 0.3) is 0 Å². The van der Waals surface area contributed by atoms with E-state index in [1.807, 2.05) is 17.7 Å². The molecule has 0 radical (unpaired) electrons. The average molecular weight is 358 g/mol. The van der Waals surface area contributed by atoms with Gasteiger partial charge in [-0.15, -0.1) is 11.3 Å². The maximum Gasteiger partial charge on any atom is 0.172 e. The van der Waals surface area contributed by atoms with Crippen LogP contribution in [0.5, 0.6) is 11.5 Å². The van der Waals surface area contributed by atoms with Crippen LogP contribution >= 0.6 is 11.3 Å². The van der Waals surface area contributed by atoms with Crippen LogP contribution in [0.25, 0.3) is 0 Å². The molecule has 2 rings (SSSR count). The summed E-state index contributed by atoms with van der Waals surface area (Å²) in [6.07, 6.45) is 1.63. The van der Waals surface area contributed by atoms with Gasteiger partial charge in [-0.1, -0.05) is 20.8 Å². The zero-order chi connectivity index (χ0) is 17.6. The molecule has 0 fully saturated rings. The Morgan fingerprint density at radius 1 is 1.21 bits per heavy atom. The molecule has 0 amide bonds. The maximum absolute atomic E-state index is 9.52. The van der Waals surface area contributed by atoms with Crippen molar-refractivity contribution in [1.82, 2.24) is 0 Å². The van der Waals surface area contributed by atoms with E-state index in [2.05, 4.69) is 20.8 Å². The highest BCUT2D eigenvalue weighted by atomic mass is 32.1. The predicted octanol–water partition coefficient (Wildman–Crippen LogP) is 3.50. The topological polar surface area (TPSA) is 57.2 Å². The Balaban J connectivity index is 1.76. The first kappa shape index (κ1) is 19.5. The molecule has 6 heteroatoms. The van der Waals surface area contributed by atoms with Gasteiger partial charge in [0.1, 0.15) is 6.61 Å². The number of hydrogen-bond acceptors (Lipinski definition) is 6. The molecule has 1 N–H and O–H groups in total. The highest BCUT2D eigenvalue weighted by Gasteiger charge is 2.30. The smallest absolute Gasteiger partial charge is 0.172 e. The first-order valence-corrected chi connectivity index (χ1v) is 9.56. The molecule has 1 aromatic heterocycles. The number of aliphatic hydroxyl groups is 1. The van der Waals surface area contributed by atoms with E-state index in [1.54, 1.807) is 11.3 Å². The van der Waals surface area contributed by atoms with Gasteiger partial charge in [-0.3, -0.25) is 0 Å². The van der Waals surface area contributed by atoms with Gasteiger partial charge in [-0.25, -0.2) is 0 Å².